The van der Waals surface area contributed by atoms with Crippen LogP contribution in [0, 0.1) is 5.92 Å². The lowest BCUT2D eigenvalue weighted by molar-refractivity contribution is 0.274. The van der Waals surface area contributed by atoms with Crippen LogP contribution in [0.15, 0.2) is 66.9 Å². The van der Waals surface area contributed by atoms with Gasteiger partial charge >= 0.3 is 0 Å². The predicted octanol–water partition coefficient (Wildman–Crippen LogP) is 4.99. The number of hydrogen-bond acceptors (Lipinski definition) is 1. The molecule has 0 saturated heterocycles. The van der Waals surface area contributed by atoms with E-state index in [9.17, 15) is 0 Å². The maximum Gasteiger partial charge on any atom is 0.0525 e. The van der Waals surface area contributed by atoms with Crippen LogP contribution in [-0.4, -0.2) is 29.1 Å². The lowest BCUT2D eigenvalue weighted by Crippen LogP contribution is -2.31. The summed E-state index contributed by atoms with van der Waals surface area (Å²) in [6, 6.07) is 19.9. The third-order valence-electron chi connectivity index (χ3n) is 6.17. The molecule has 0 amide bonds. The van der Waals surface area contributed by atoms with Crippen molar-refractivity contribution in [3.63, 3.8) is 0 Å². The topological polar surface area (TPSA) is 8.17 Å². The maximum absolute atomic E-state index is 2.62. The molecule has 0 radical (unpaired) electrons. The van der Waals surface area contributed by atoms with Gasteiger partial charge in [-0.1, -0.05) is 48.5 Å². The first kappa shape index (κ1) is 15.9. The van der Waals surface area contributed by atoms with Crippen molar-refractivity contribution in [2.24, 2.45) is 5.92 Å². The summed E-state index contributed by atoms with van der Waals surface area (Å²) >= 11 is 0. The van der Waals surface area contributed by atoms with Gasteiger partial charge in [-0.3, -0.25) is 4.90 Å². The Kier molecular flexibility index (Phi) is 4.14. The van der Waals surface area contributed by atoms with E-state index in [4.69, 9.17) is 0 Å². The fraction of sp³-hybridized carbons (Fsp3) is 0.333. The van der Waals surface area contributed by atoms with Crippen LogP contribution in [-0.2, 0) is 12.8 Å². The Labute approximate surface area is 155 Å². The van der Waals surface area contributed by atoms with Crippen molar-refractivity contribution in [3.05, 3.63) is 78.0 Å². The van der Waals surface area contributed by atoms with Gasteiger partial charge in [0.25, 0.3) is 0 Å². The van der Waals surface area contributed by atoms with Crippen LogP contribution < -0.4 is 0 Å². The van der Waals surface area contributed by atoms with Crippen LogP contribution in [0.4, 0.5) is 0 Å². The number of benzene rings is 2. The number of aromatic nitrogens is 1. The molecule has 0 atom stereocenters. The minimum Gasteiger partial charge on any atom is -0.321 e. The molecule has 2 aromatic carbocycles. The third-order valence-corrected chi connectivity index (χ3v) is 6.17. The molecule has 2 heteroatoms. The van der Waals surface area contributed by atoms with E-state index in [1.54, 1.807) is 11.1 Å². The Morgan fingerprint density at radius 3 is 2.42 bits per heavy atom. The van der Waals surface area contributed by atoms with Gasteiger partial charge in [-0.2, -0.15) is 0 Å². The van der Waals surface area contributed by atoms with Crippen LogP contribution in [0.2, 0.25) is 0 Å². The van der Waals surface area contributed by atoms with Gasteiger partial charge in [0.1, 0.15) is 0 Å². The molecule has 0 N–H and O–H groups in total. The predicted molar refractivity (Wildman–Crippen MR) is 109 cm³/mol. The molecule has 2 nitrogen and oxygen atoms in total. The quantitative estimate of drug-likeness (QED) is 0.648. The van der Waals surface area contributed by atoms with E-state index in [2.05, 4.69) is 76.3 Å². The van der Waals surface area contributed by atoms with Gasteiger partial charge in [0.05, 0.1) is 5.52 Å². The van der Waals surface area contributed by atoms with E-state index in [0.29, 0.717) is 0 Å². The fourth-order valence-corrected chi connectivity index (χ4v) is 4.68. The van der Waals surface area contributed by atoms with Crippen molar-refractivity contribution >= 4 is 16.6 Å². The van der Waals surface area contributed by atoms with Gasteiger partial charge in [0.15, 0.2) is 0 Å². The van der Waals surface area contributed by atoms with Gasteiger partial charge in [0, 0.05) is 31.4 Å². The highest BCUT2D eigenvalue weighted by molar-refractivity contribution is 5.83. The second kappa shape index (κ2) is 6.77. The summed E-state index contributed by atoms with van der Waals surface area (Å²) in [4.78, 5) is 2.62. The molecular formula is C24H26N2. The average Bonchev–Trinajstić information content (AvgIpc) is 3.30. The van der Waals surface area contributed by atoms with Crippen molar-refractivity contribution in [2.75, 3.05) is 19.6 Å². The second-order valence-corrected chi connectivity index (χ2v) is 7.82. The minimum atomic E-state index is 0.839. The normalized spacial score (nSPS) is 18.2. The van der Waals surface area contributed by atoms with E-state index >= 15 is 0 Å². The zero-order chi connectivity index (χ0) is 17.3. The van der Waals surface area contributed by atoms with E-state index in [1.165, 1.54) is 49.0 Å². The van der Waals surface area contributed by atoms with Crippen LogP contribution in [0.5, 0.6) is 0 Å². The van der Waals surface area contributed by atoms with Crippen molar-refractivity contribution in [2.45, 2.75) is 25.7 Å². The summed E-state index contributed by atoms with van der Waals surface area (Å²) in [5.74, 6) is 0.839. The molecule has 2 aliphatic rings. The molecule has 132 valence electrons. The minimum absolute atomic E-state index is 0.839. The van der Waals surface area contributed by atoms with Gasteiger partial charge < -0.3 is 4.57 Å². The highest BCUT2D eigenvalue weighted by atomic mass is 15.1. The van der Waals surface area contributed by atoms with Gasteiger partial charge in [-0.15, -0.1) is 0 Å². The molecule has 2 heterocycles. The number of para-hydroxylation sites is 1. The zero-order valence-electron chi connectivity index (χ0n) is 15.3. The third kappa shape index (κ3) is 2.99. The first-order valence-corrected chi connectivity index (χ1v) is 9.91. The molecule has 26 heavy (non-hydrogen) atoms. The molecule has 5 rings (SSSR count). The molecule has 1 aliphatic heterocycles. The largest absolute Gasteiger partial charge is 0.321 e. The Bertz CT molecular complexity index is 925. The molecule has 0 bridgehead atoms. The SMILES string of the molecule is C1=C(n2ccc3ccccc32)CCN(CCC2Cc3ccccc3C2)C1. The summed E-state index contributed by atoms with van der Waals surface area (Å²) in [7, 11) is 0. The summed E-state index contributed by atoms with van der Waals surface area (Å²) < 4.78 is 2.38. The number of nitrogens with zero attached hydrogens (tertiary/aromatic N) is 2. The van der Waals surface area contributed by atoms with Crippen LogP contribution in [0.1, 0.15) is 24.0 Å². The molecule has 0 unspecified atom stereocenters. The van der Waals surface area contributed by atoms with Crippen molar-refractivity contribution in [1.29, 1.82) is 0 Å². The van der Waals surface area contributed by atoms with Gasteiger partial charge in [-0.25, -0.2) is 0 Å². The maximum atomic E-state index is 2.62. The molecule has 0 spiro atoms. The molecule has 0 fully saturated rings. The highest BCUT2D eigenvalue weighted by Gasteiger charge is 2.22. The van der Waals surface area contributed by atoms with Gasteiger partial charge in [0.2, 0.25) is 0 Å². The molecule has 3 aromatic rings. The Morgan fingerprint density at radius 1 is 0.885 bits per heavy atom. The Hall–Kier alpha value is -2.32. The average molecular weight is 342 g/mol. The van der Waals surface area contributed by atoms with E-state index in [-0.39, 0.29) is 0 Å². The molecular weight excluding hydrogens is 316 g/mol. The standard InChI is InChI=1S/C24H26N2/c1-2-7-22-18-19(17-21(22)6-1)9-13-25-14-11-23(12-15-25)26-16-10-20-5-3-4-8-24(20)26/h1-8,10-11,16,19H,9,12-15,17-18H2. The molecule has 1 aromatic heterocycles. The highest BCUT2D eigenvalue weighted by Crippen LogP contribution is 2.29. The first-order chi connectivity index (χ1) is 12.9. The summed E-state index contributed by atoms with van der Waals surface area (Å²) in [6.45, 7) is 3.49. The summed E-state index contributed by atoms with van der Waals surface area (Å²) in [5.41, 5.74) is 5.95. The summed E-state index contributed by atoms with van der Waals surface area (Å²) in [6.07, 6.45) is 9.68. The first-order valence-electron chi connectivity index (χ1n) is 9.91. The monoisotopic (exact) mass is 342 g/mol. The lowest BCUT2D eigenvalue weighted by atomic mass is 10.0. The van der Waals surface area contributed by atoms with Crippen LogP contribution in [0.25, 0.3) is 16.6 Å². The van der Waals surface area contributed by atoms with Crippen LogP contribution >= 0.6 is 0 Å². The molecule has 0 saturated carbocycles. The number of rotatable bonds is 4. The second-order valence-electron chi connectivity index (χ2n) is 7.82. The lowest BCUT2D eigenvalue weighted by Gasteiger charge is -2.28. The number of hydrogen-bond donors (Lipinski definition) is 0. The van der Waals surface area contributed by atoms with Crippen LogP contribution in [0.3, 0.4) is 0 Å². The number of fused-ring (bicyclic) bond motifs is 2. The van der Waals surface area contributed by atoms with Crippen molar-refractivity contribution in [1.82, 2.24) is 9.47 Å². The van der Waals surface area contributed by atoms with E-state index in [1.807, 2.05) is 0 Å². The fourth-order valence-electron chi connectivity index (χ4n) is 4.68. The van der Waals surface area contributed by atoms with Crippen molar-refractivity contribution in [3.8, 4) is 0 Å². The van der Waals surface area contributed by atoms with E-state index < -0.39 is 0 Å². The molecule has 1 aliphatic carbocycles. The Morgan fingerprint density at radius 2 is 1.65 bits per heavy atom. The van der Waals surface area contributed by atoms with Crippen molar-refractivity contribution < 1.29 is 0 Å². The van der Waals surface area contributed by atoms with Gasteiger partial charge in [-0.05, 0) is 60.4 Å². The smallest absolute Gasteiger partial charge is 0.0525 e. The zero-order valence-corrected chi connectivity index (χ0v) is 15.3. The van der Waals surface area contributed by atoms with E-state index in [0.717, 1.165) is 18.9 Å². The summed E-state index contributed by atoms with van der Waals surface area (Å²) in [5, 5.41) is 1.33. The Balaban J connectivity index is 1.20.